The molecule has 1 saturated heterocycles. The second-order valence-corrected chi connectivity index (χ2v) is 7.96. The number of piperazine rings is 1. The number of benzene rings is 2. The van der Waals surface area contributed by atoms with E-state index in [4.69, 9.17) is 0 Å². The molecule has 1 fully saturated rings. The smallest absolute Gasteiger partial charge is 0.336 e. The van der Waals surface area contributed by atoms with Crippen molar-refractivity contribution >= 4 is 5.91 Å². The van der Waals surface area contributed by atoms with Gasteiger partial charge in [-0.25, -0.2) is 0 Å². The predicted octanol–water partition coefficient (Wildman–Crippen LogP) is 4.93. The zero-order chi connectivity index (χ0) is 22.7. The Morgan fingerprint density at radius 2 is 1.72 bits per heavy atom. The molecule has 0 bridgehead atoms. The van der Waals surface area contributed by atoms with E-state index in [-0.39, 0.29) is 5.91 Å². The molecule has 2 aromatic carbocycles. The molecule has 0 saturated carbocycles. The number of aromatic nitrogens is 2. The predicted molar refractivity (Wildman–Crippen MR) is 117 cm³/mol. The highest BCUT2D eigenvalue weighted by molar-refractivity contribution is 5.94. The van der Waals surface area contributed by atoms with Crippen LogP contribution in [0.15, 0.2) is 54.6 Å². The quantitative estimate of drug-likeness (QED) is 0.610. The van der Waals surface area contributed by atoms with E-state index in [1.165, 1.54) is 6.07 Å². The van der Waals surface area contributed by atoms with Crippen LogP contribution in [0.5, 0.6) is 0 Å². The molecule has 0 radical (unpaired) electrons. The van der Waals surface area contributed by atoms with E-state index in [2.05, 4.69) is 22.0 Å². The van der Waals surface area contributed by atoms with Crippen molar-refractivity contribution in [1.29, 1.82) is 0 Å². The van der Waals surface area contributed by atoms with Gasteiger partial charge in [0.1, 0.15) is 0 Å². The molecule has 0 unspecified atom stereocenters. The number of carbonyl (C=O) groups excluding carboxylic acids is 1. The van der Waals surface area contributed by atoms with Crippen molar-refractivity contribution in [3.05, 3.63) is 65.7 Å². The Labute approximate surface area is 184 Å². The summed E-state index contributed by atoms with van der Waals surface area (Å²) in [6.45, 7) is 6.45. The third-order valence-corrected chi connectivity index (χ3v) is 5.71. The molecular weight excluding hydrogens is 417 g/mol. The van der Waals surface area contributed by atoms with E-state index in [0.29, 0.717) is 22.5 Å². The van der Waals surface area contributed by atoms with Crippen molar-refractivity contribution < 1.29 is 18.0 Å². The largest absolute Gasteiger partial charge is 0.416 e. The molecule has 2 heterocycles. The SMILES string of the molecule is CCCN1CCN(C(=O)c2ccc(-c3cc(-c4cccc(C(F)(F)F)c4)n[nH]3)cc2)CC1. The Morgan fingerprint density at radius 1 is 1.00 bits per heavy atom. The lowest BCUT2D eigenvalue weighted by Crippen LogP contribution is -2.48. The first kappa shape index (κ1) is 22.1. The van der Waals surface area contributed by atoms with Crippen molar-refractivity contribution in [2.75, 3.05) is 32.7 Å². The van der Waals surface area contributed by atoms with E-state index >= 15 is 0 Å². The summed E-state index contributed by atoms with van der Waals surface area (Å²) >= 11 is 0. The first-order chi connectivity index (χ1) is 15.3. The summed E-state index contributed by atoms with van der Waals surface area (Å²) in [6.07, 6.45) is -3.29. The highest BCUT2D eigenvalue weighted by Crippen LogP contribution is 2.32. The zero-order valence-corrected chi connectivity index (χ0v) is 17.8. The van der Waals surface area contributed by atoms with Gasteiger partial charge in [0.05, 0.1) is 17.0 Å². The molecule has 3 aromatic rings. The third kappa shape index (κ3) is 4.85. The van der Waals surface area contributed by atoms with Gasteiger partial charge in [-0.3, -0.25) is 14.8 Å². The summed E-state index contributed by atoms with van der Waals surface area (Å²) in [4.78, 5) is 17.1. The highest BCUT2D eigenvalue weighted by atomic mass is 19.4. The van der Waals surface area contributed by atoms with Crippen molar-refractivity contribution in [1.82, 2.24) is 20.0 Å². The normalized spacial score (nSPS) is 15.2. The van der Waals surface area contributed by atoms with Gasteiger partial charge >= 0.3 is 6.18 Å². The number of nitrogens with one attached hydrogen (secondary N) is 1. The lowest BCUT2D eigenvalue weighted by atomic mass is 10.1. The molecule has 168 valence electrons. The van der Waals surface area contributed by atoms with Gasteiger partial charge < -0.3 is 4.90 Å². The number of carbonyl (C=O) groups is 1. The van der Waals surface area contributed by atoms with Gasteiger partial charge in [-0.2, -0.15) is 18.3 Å². The fourth-order valence-corrected chi connectivity index (χ4v) is 3.94. The fourth-order valence-electron chi connectivity index (χ4n) is 3.94. The van der Waals surface area contributed by atoms with E-state index in [1.807, 2.05) is 17.0 Å². The van der Waals surface area contributed by atoms with E-state index < -0.39 is 11.7 Å². The Bertz CT molecular complexity index is 1070. The number of amides is 1. The van der Waals surface area contributed by atoms with Crippen molar-refractivity contribution in [2.24, 2.45) is 0 Å². The molecule has 0 spiro atoms. The van der Waals surface area contributed by atoms with Gasteiger partial charge in [-0.05, 0) is 48.9 Å². The van der Waals surface area contributed by atoms with Crippen molar-refractivity contribution in [3.8, 4) is 22.5 Å². The van der Waals surface area contributed by atoms with Crippen LogP contribution in [0.25, 0.3) is 22.5 Å². The maximum Gasteiger partial charge on any atom is 0.416 e. The second-order valence-electron chi connectivity index (χ2n) is 7.96. The maximum absolute atomic E-state index is 13.0. The van der Waals surface area contributed by atoms with E-state index in [1.54, 1.807) is 24.3 Å². The molecule has 1 aliphatic heterocycles. The standard InChI is InChI=1S/C24H25F3N4O/c1-2-10-30-11-13-31(14-12-30)23(32)18-8-6-17(7-9-18)21-16-22(29-28-21)19-4-3-5-20(15-19)24(25,26)27/h3-9,15-16H,2,10-14H2,1H3,(H,28,29). The molecule has 0 atom stereocenters. The maximum atomic E-state index is 13.0. The van der Waals surface area contributed by atoms with Crippen LogP contribution in [0, 0.1) is 0 Å². The van der Waals surface area contributed by atoms with Gasteiger partial charge in [0.2, 0.25) is 0 Å². The van der Waals surface area contributed by atoms with Crippen LogP contribution in [0.3, 0.4) is 0 Å². The van der Waals surface area contributed by atoms with Gasteiger partial charge in [0.15, 0.2) is 0 Å². The van der Waals surface area contributed by atoms with Crippen LogP contribution in [0.2, 0.25) is 0 Å². The summed E-state index contributed by atoms with van der Waals surface area (Å²) in [5.41, 5.74) is 2.20. The Kier molecular flexibility index (Phi) is 6.32. The number of rotatable bonds is 5. The minimum Gasteiger partial charge on any atom is -0.336 e. The summed E-state index contributed by atoms with van der Waals surface area (Å²) in [7, 11) is 0. The molecule has 4 rings (SSSR count). The fraction of sp³-hybridized carbons (Fsp3) is 0.333. The molecular formula is C24H25F3N4O. The van der Waals surface area contributed by atoms with Crippen molar-refractivity contribution in [2.45, 2.75) is 19.5 Å². The lowest BCUT2D eigenvalue weighted by Gasteiger charge is -2.34. The highest BCUT2D eigenvalue weighted by Gasteiger charge is 2.30. The number of aromatic amines is 1. The number of hydrogen-bond donors (Lipinski definition) is 1. The van der Waals surface area contributed by atoms with Crippen LogP contribution in [-0.4, -0.2) is 58.6 Å². The van der Waals surface area contributed by atoms with Crippen LogP contribution in [0.4, 0.5) is 13.2 Å². The van der Waals surface area contributed by atoms with E-state index in [9.17, 15) is 18.0 Å². The Morgan fingerprint density at radius 3 is 2.38 bits per heavy atom. The number of halogens is 3. The Balaban J connectivity index is 1.45. The average molecular weight is 442 g/mol. The molecule has 5 nitrogen and oxygen atoms in total. The van der Waals surface area contributed by atoms with Crippen LogP contribution < -0.4 is 0 Å². The lowest BCUT2D eigenvalue weighted by molar-refractivity contribution is -0.137. The summed E-state index contributed by atoms with van der Waals surface area (Å²) in [6, 6.07) is 14.0. The van der Waals surface area contributed by atoms with Gasteiger partial charge in [-0.15, -0.1) is 0 Å². The zero-order valence-electron chi connectivity index (χ0n) is 17.8. The number of H-pyrrole nitrogens is 1. The molecule has 8 heteroatoms. The van der Waals surface area contributed by atoms with Crippen LogP contribution in [0.1, 0.15) is 29.3 Å². The molecule has 1 aliphatic rings. The monoisotopic (exact) mass is 442 g/mol. The topological polar surface area (TPSA) is 52.2 Å². The van der Waals surface area contributed by atoms with Crippen LogP contribution in [-0.2, 0) is 6.18 Å². The molecule has 1 amide bonds. The second kappa shape index (κ2) is 9.16. The summed E-state index contributed by atoms with van der Waals surface area (Å²) < 4.78 is 39.0. The van der Waals surface area contributed by atoms with E-state index in [0.717, 1.165) is 56.8 Å². The summed E-state index contributed by atoms with van der Waals surface area (Å²) in [5, 5.41) is 7.04. The number of nitrogens with zero attached hydrogens (tertiary/aromatic N) is 3. The third-order valence-electron chi connectivity index (χ3n) is 5.71. The Hall–Kier alpha value is -3.13. The minimum atomic E-state index is -4.40. The molecule has 1 N–H and O–H groups in total. The van der Waals surface area contributed by atoms with Gasteiger partial charge in [0.25, 0.3) is 5.91 Å². The molecule has 32 heavy (non-hydrogen) atoms. The molecule has 1 aromatic heterocycles. The average Bonchev–Trinajstić information content (AvgIpc) is 3.29. The molecule has 0 aliphatic carbocycles. The first-order valence-electron chi connectivity index (χ1n) is 10.7. The first-order valence-corrected chi connectivity index (χ1v) is 10.7. The number of hydrogen-bond acceptors (Lipinski definition) is 3. The minimum absolute atomic E-state index is 0.0157. The van der Waals surface area contributed by atoms with Gasteiger partial charge in [-0.1, -0.05) is 31.2 Å². The summed E-state index contributed by atoms with van der Waals surface area (Å²) in [5.74, 6) is 0.0157. The van der Waals surface area contributed by atoms with Crippen LogP contribution >= 0.6 is 0 Å². The van der Waals surface area contributed by atoms with Gasteiger partial charge in [0, 0.05) is 37.3 Å². The van der Waals surface area contributed by atoms with Crippen molar-refractivity contribution in [3.63, 3.8) is 0 Å². The number of alkyl halides is 3.